The maximum Gasteiger partial charge on any atom is 0.329 e. The van der Waals surface area contributed by atoms with Gasteiger partial charge in [0.05, 0.1) is 7.11 Å². The Morgan fingerprint density at radius 2 is 1.89 bits per heavy atom. The zero-order valence-corrected chi connectivity index (χ0v) is 21.6. The van der Waals surface area contributed by atoms with E-state index in [1.54, 1.807) is 14.0 Å². The lowest BCUT2D eigenvalue weighted by atomic mass is 9.89. The summed E-state index contributed by atoms with van der Waals surface area (Å²) in [6.07, 6.45) is 2.83. The van der Waals surface area contributed by atoms with Gasteiger partial charge in [-0.15, -0.1) is 0 Å². The second kappa shape index (κ2) is 13.6. The first-order valence-corrected chi connectivity index (χ1v) is 12.3. The standard InChI is InChI=1S/C27H34N2O8/c1-17-24(37-20-10-6-5-7-11-20)19(14-16-33-3)9-8-12-21(27(32)35-17)29-26(31)23-25(36-18(2)30)22(34-4)13-15-28-23/h5-7,10-11,13,15,17,19,21,24H,8-9,12,14,16H2,1-4H3,(H,29,31)/t17-,19+,21-,24-/m0/s1. The predicted octanol–water partition coefficient (Wildman–Crippen LogP) is 3.33. The lowest BCUT2D eigenvalue weighted by Crippen LogP contribution is -2.45. The molecule has 0 aliphatic carbocycles. The van der Waals surface area contributed by atoms with E-state index in [0.29, 0.717) is 25.2 Å². The predicted molar refractivity (Wildman–Crippen MR) is 134 cm³/mol. The highest BCUT2D eigenvalue weighted by Crippen LogP contribution is 2.31. The molecule has 10 nitrogen and oxygen atoms in total. The first-order chi connectivity index (χ1) is 17.8. The highest BCUT2D eigenvalue weighted by Gasteiger charge is 2.36. The number of methoxy groups -OCH3 is 2. The highest BCUT2D eigenvalue weighted by molar-refractivity contribution is 5.98. The number of para-hydroxylation sites is 1. The number of nitrogens with zero attached hydrogens (tertiary/aromatic N) is 1. The number of benzene rings is 1. The number of hydrogen-bond donors (Lipinski definition) is 1. The first-order valence-electron chi connectivity index (χ1n) is 12.3. The van der Waals surface area contributed by atoms with Gasteiger partial charge in [0.1, 0.15) is 24.0 Å². The molecule has 0 unspecified atom stereocenters. The zero-order valence-electron chi connectivity index (χ0n) is 21.6. The van der Waals surface area contributed by atoms with Crippen LogP contribution in [0.5, 0.6) is 17.2 Å². The SMILES string of the molecule is COCC[C@H]1CCC[C@H](NC(=O)c2nccc(OC)c2OC(C)=O)C(=O)O[C@@H](C)[C@@H]1Oc1ccccc1. The van der Waals surface area contributed by atoms with Crippen molar-refractivity contribution in [1.82, 2.24) is 10.3 Å². The van der Waals surface area contributed by atoms with Crippen LogP contribution in [0, 0.1) is 5.92 Å². The van der Waals surface area contributed by atoms with Crippen LogP contribution in [0.1, 0.15) is 50.0 Å². The van der Waals surface area contributed by atoms with Crippen LogP contribution in [0.4, 0.5) is 0 Å². The van der Waals surface area contributed by atoms with E-state index >= 15 is 0 Å². The minimum atomic E-state index is -0.924. The molecule has 0 spiro atoms. The monoisotopic (exact) mass is 514 g/mol. The van der Waals surface area contributed by atoms with Crippen LogP contribution >= 0.6 is 0 Å². The summed E-state index contributed by atoms with van der Waals surface area (Å²) in [5.41, 5.74) is -0.168. The van der Waals surface area contributed by atoms with Crippen LogP contribution in [0.3, 0.4) is 0 Å². The number of rotatable bonds is 9. The van der Waals surface area contributed by atoms with Crippen LogP contribution in [0.2, 0.25) is 0 Å². The largest absolute Gasteiger partial charge is 0.493 e. The molecule has 1 aliphatic rings. The van der Waals surface area contributed by atoms with Crippen molar-refractivity contribution in [2.75, 3.05) is 20.8 Å². The number of amides is 1. The highest BCUT2D eigenvalue weighted by atomic mass is 16.6. The summed E-state index contributed by atoms with van der Waals surface area (Å²) in [6.45, 7) is 3.54. The third kappa shape index (κ3) is 7.66. The smallest absolute Gasteiger partial charge is 0.329 e. The number of ether oxygens (including phenoxy) is 5. The molecular formula is C27H34N2O8. The number of pyridine rings is 1. The molecule has 1 amide bonds. The van der Waals surface area contributed by atoms with Gasteiger partial charge in [-0.25, -0.2) is 9.78 Å². The van der Waals surface area contributed by atoms with Crippen LogP contribution < -0.4 is 19.5 Å². The summed E-state index contributed by atoms with van der Waals surface area (Å²) in [6, 6.07) is 9.93. The van der Waals surface area contributed by atoms with Crippen LogP contribution in [0.15, 0.2) is 42.6 Å². The van der Waals surface area contributed by atoms with Crippen LogP contribution in [-0.4, -0.2) is 61.9 Å². The van der Waals surface area contributed by atoms with Crippen molar-refractivity contribution in [3.63, 3.8) is 0 Å². The molecule has 1 fully saturated rings. The van der Waals surface area contributed by atoms with Crippen LogP contribution in [-0.2, 0) is 19.1 Å². The third-order valence-corrected chi connectivity index (χ3v) is 6.14. The fourth-order valence-corrected chi connectivity index (χ4v) is 4.36. The summed E-state index contributed by atoms with van der Waals surface area (Å²) >= 11 is 0. The molecule has 3 rings (SSSR count). The molecule has 0 saturated carbocycles. The number of aromatic nitrogens is 1. The van der Waals surface area contributed by atoms with E-state index in [-0.39, 0.29) is 23.1 Å². The summed E-state index contributed by atoms with van der Waals surface area (Å²) in [7, 11) is 3.03. The minimum Gasteiger partial charge on any atom is -0.493 e. The maximum atomic E-state index is 13.2. The average molecular weight is 515 g/mol. The van der Waals surface area contributed by atoms with Gasteiger partial charge < -0.3 is 29.0 Å². The second-order valence-corrected chi connectivity index (χ2v) is 8.82. The van der Waals surface area contributed by atoms with Gasteiger partial charge in [-0.2, -0.15) is 0 Å². The van der Waals surface area contributed by atoms with E-state index < -0.39 is 36.1 Å². The Hall–Kier alpha value is -3.66. The molecule has 2 aromatic rings. The molecule has 0 radical (unpaired) electrons. The summed E-state index contributed by atoms with van der Waals surface area (Å²) in [4.78, 5) is 41.9. The Morgan fingerprint density at radius 1 is 1.14 bits per heavy atom. The molecule has 2 heterocycles. The fraction of sp³-hybridized carbons (Fsp3) is 0.481. The van der Waals surface area contributed by atoms with Crippen molar-refractivity contribution < 1.29 is 38.1 Å². The van der Waals surface area contributed by atoms with E-state index in [1.807, 2.05) is 30.3 Å². The summed E-state index contributed by atoms with van der Waals surface area (Å²) in [5.74, 6) is -1.10. The van der Waals surface area contributed by atoms with E-state index in [0.717, 1.165) is 12.8 Å². The normalized spacial score (nSPS) is 22.0. The topological polar surface area (TPSA) is 122 Å². The Labute approximate surface area is 216 Å². The maximum absolute atomic E-state index is 13.2. The molecular weight excluding hydrogens is 480 g/mol. The number of esters is 2. The second-order valence-electron chi connectivity index (χ2n) is 8.82. The van der Waals surface area contributed by atoms with Gasteiger partial charge in [-0.05, 0) is 38.3 Å². The van der Waals surface area contributed by atoms with Gasteiger partial charge in [-0.3, -0.25) is 9.59 Å². The van der Waals surface area contributed by atoms with Crippen molar-refractivity contribution in [2.45, 2.75) is 57.8 Å². The molecule has 1 aliphatic heterocycles. The number of carbonyl (C=O) groups excluding carboxylic acids is 3. The van der Waals surface area contributed by atoms with Gasteiger partial charge in [-0.1, -0.05) is 24.6 Å². The van der Waals surface area contributed by atoms with Gasteiger partial charge in [0.2, 0.25) is 5.75 Å². The van der Waals surface area contributed by atoms with E-state index in [2.05, 4.69) is 10.3 Å². The van der Waals surface area contributed by atoms with Gasteiger partial charge in [0, 0.05) is 38.8 Å². The number of hydrogen-bond acceptors (Lipinski definition) is 9. The third-order valence-electron chi connectivity index (χ3n) is 6.14. The number of cyclic esters (lactones) is 1. The van der Waals surface area contributed by atoms with Gasteiger partial charge in [0.25, 0.3) is 5.91 Å². The Morgan fingerprint density at radius 3 is 2.57 bits per heavy atom. The fourth-order valence-electron chi connectivity index (χ4n) is 4.36. The molecule has 1 aromatic heterocycles. The summed E-state index contributed by atoms with van der Waals surface area (Å²) < 4.78 is 27.8. The lowest BCUT2D eigenvalue weighted by molar-refractivity contribution is -0.156. The van der Waals surface area contributed by atoms with Crippen molar-refractivity contribution in [3.8, 4) is 17.2 Å². The molecule has 4 atom stereocenters. The molecule has 1 aromatic carbocycles. The Bertz CT molecular complexity index is 1060. The Kier molecular flexibility index (Phi) is 10.3. The molecule has 10 heteroatoms. The van der Waals surface area contributed by atoms with Crippen molar-refractivity contribution in [1.29, 1.82) is 0 Å². The minimum absolute atomic E-state index is 0.0630. The van der Waals surface area contributed by atoms with Gasteiger partial charge >= 0.3 is 11.9 Å². The van der Waals surface area contributed by atoms with Crippen molar-refractivity contribution >= 4 is 17.8 Å². The molecule has 1 saturated heterocycles. The lowest BCUT2D eigenvalue weighted by Gasteiger charge is -2.31. The van der Waals surface area contributed by atoms with Crippen LogP contribution in [0.25, 0.3) is 0 Å². The quantitative estimate of drug-likeness (QED) is 0.502. The van der Waals surface area contributed by atoms with Crippen molar-refractivity contribution in [3.05, 3.63) is 48.3 Å². The average Bonchev–Trinajstić information content (AvgIpc) is 2.93. The molecule has 200 valence electrons. The van der Waals surface area contributed by atoms with E-state index in [1.165, 1.54) is 26.3 Å². The zero-order chi connectivity index (χ0) is 26.8. The Balaban J connectivity index is 1.80. The van der Waals surface area contributed by atoms with Gasteiger partial charge in [0.15, 0.2) is 11.4 Å². The number of nitrogens with one attached hydrogen (secondary N) is 1. The summed E-state index contributed by atoms with van der Waals surface area (Å²) in [5, 5.41) is 2.70. The van der Waals surface area contributed by atoms with E-state index in [4.69, 9.17) is 23.7 Å². The van der Waals surface area contributed by atoms with E-state index in [9.17, 15) is 14.4 Å². The number of carbonyl (C=O) groups is 3. The van der Waals surface area contributed by atoms with Crippen molar-refractivity contribution in [2.24, 2.45) is 5.92 Å². The molecule has 37 heavy (non-hydrogen) atoms. The molecule has 0 bridgehead atoms. The molecule has 1 N–H and O–H groups in total. The first kappa shape index (κ1) is 27.9.